The summed E-state index contributed by atoms with van der Waals surface area (Å²) in [6.07, 6.45) is 2.20. The first-order chi connectivity index (χ1) is 13.2. The van der Waals surface area contributed by atoms with Crippen molar-refractivity contribution in [2.45, 2.75) is 19.4 Å². The van der Waals surface area contributed by atoms with E-state index in [9.17, 15) is 4.79 Å². The van der Waals surface area contributed by atoms with Crippen molar-refractivity contribution in [3.8, 4) is 11.5 Å². The van der Waals surface area contributed by atoms with E-state index in [1.165, 1.54) is 5.56 Å². The van der Waals surface area contributed by atoms with Crippen LogP contribution < -0.4 is 14.8 Å². The maximum Gasteiger partial charge on any atom is 0.255 e. The average molecular weight is 368 g/mol. The highest BCUT2D eigenvalue weighted by molar-refractivity contribution is 5.97. The van der Waals surface area contributed by atoms with Gasteiger partial charge in [0, 0.05) is 13.1 Å². The fourth-order valence-electron chi connectivity index (χ4n) is 3.59. The number of methoxy groups -OCH3 is 2. The molecule has 1 aliphatic heterocycles. The van der Waals surface area contributed by atoms with Crippen LogP contribution in [0.15, 0.2) is 48.5 Å². The number of carbonyl (C=O) groups is 1. The van der Waals surface area contributed by atoms with Crippen molar-refractivity contribution in [1.82, 2.24) is 10.2 Å². The van der Waals surface area contributed by atoms with E-state index in [4.69, 9.17) is 9.47 Å². The minimum absolute atomic E-state index is 0.113. The Bertz CT molecular complexity index is 740. The third-order valence-corrected chi connectivity index (χ3v) is 5.16. The van der Waals surface area contributed by atoms with Gasteiger partial charge in [0.15, 0.2) is 11.5 Å². The molecule has 2 aromatic carbocycles. The topological polar surface area (TPSA) is 50.8 Å². The molecule has 0 aromatic heterocycles. The summed E-state index contributed by atoms with van der Waals surface area (Å²) in [5.41, 5.74) is 1.87. The lowest BCUT2D eigenvalue weighted by Crippen LogP contribution is -2.38. The summed E-state index contributed by atoms with van der Waals surface area (Å²) in [7, 11) is 3.12. The normalized spacial score (nSPS) is 15.3. The van der Waals surface area contributed by atoms with Crippen LogP contribution >= 0.6 is 0 Å². The van der Waals surface area contributed by atoms with Crippen LogP contribution in [0, 0.1) is 5.92 Å². The summed E-state index contributed by atoms with van der Waals surface area (Å²) in [6.45, 7) is 3.83. The third kappa shape index (κ3) is 5.01. The van der Waals surface area contributed by atoms with E-state index >= 15 is 0 Å². The highest BCUT2D eigenvalue weighted by Crippen LogP contribution is 2.30. The van der Waals surface area contributed by atoms with E-state index in [0.29, 0.717) is 29.5 Å². The molecule has 0 unspecified atom stereocenters. The Labute approximate surface area is 161 Å². The molecule has 0 spiro atoms. The number of likely N-dealkylation sites (tertiary alicyclic amines) is 1. The van der Waals surface area contributed by atoms with Gasteiger partial charge in [-0.3, -0.25) is 9.69 Å². The molecule has 1 saturated heterocycles. The zero-order valence-corrected chi connectivity index (χ0v) is 16.1. The molecule has 0 aliphatic carbocycles. The molecular formula is C22H28N2O3. The van der Waals surface area contributed by atoms with Crippen LogP contribution in [0.2, 0.25) is 0 Å². The van der Waals surface area contributed by atoms with Gasteiger partial charge in [-0.05, 0) is 49.5 Å². The van der Waals surface area contributed by atoms with Crippen LogP contribution in [0.25, 0.3) is 0 Å². The van der Waals surface area contributed by atoms with Gasteiger partial charge in [0.1, 0.15) is 0 Å². The van der Waals surface area contributed by atoms with Crippen molar-refractivity contribution in [3.05, 3.63) is 59.7 Å². The number of amides is 1. The molecule has 5 heteroatoms. The highest BCUT2D eigenvalue weighted by Gasteiger charge is 2.21. The van der Waals surface area contributed by atoms with Gasteiger partial charge in [-0.25, -0.2) is 0 Å². The van der Waals surface area contributed by atoms with E-state index in [1.54, 1.807) is 32.4 Å². The second-order valence-electron chi connectivity index (χ2n) is 6.96. The van der Waals surface area contributed by atoms with Crippen molar-refractivity contribution in [2.75, 3.05) is 33.9 Å². The predicted molar refractivity (Wildman–Crippen MR) is 106 cm³/mol. The zero-order chi connectivity index (χ0) is 19.1. The van der Waals surface area contributed by atoms with E-state index in [0.717, 1.165) is 32.5 Å². The summed E-state index contributed by atoms with van der Waals surface area (Å²) in [4.78, 5) is 15.1. The summed E-state index contributed by atoms with van der Waals surface area (Å²) < 4.78 is 10.6. The number of nitrogens with one attached hydrogen (secondary N) is 1. The number of rotatable bonds is 7. The lowest BCUT2D eigenvalue weighted by molar-refractivity contribution is 0.0931. The van der Waals surface area contributed by atoms with Crippen molar-refractivity contribution < 1.29 is 14.3 Å². The molecule has 144 valence electrons. The molecule has 1 fully saturated rings. The smallest absolute Gasteiger partial charge is 0.255 e. The number of benzene rings is 2. The highest BCUT2D eigenvalue weighted by atomic mass is 16.5. The molecule has 0 atom stereocenters. The molecule has 0 saturated carbocycles. The number of ether oxygens (including phenoxy) is 2. The summed E-state index contributed by atoms with van der Waals surface area (Å²) in [5.74, 6) is 1.45. The number of para-hydroxylation sites is 1. The number of hydrogen-bond acceptors (Lipinski definition) is 4. The Morgan fingerprint density at radius 2 is 1.78 bits per heavy atom. The van der Waals surface area contributed by atoms with Crippen molar-refractivity contribution in [2.24, 2.45) is 5.92 Å². The number of nitrogens with zero attached hydrogens (tertiary/aromatic N) is 1. The Kier molecular flexibility index (Phi) is 6.71. The molecule has 1 aliphatic rings. The minimum atomic E-state index is -0.113. The van der Waals surface area contributed by atoms with E-state index in [1.807, 2.05) is 0 Å². The van der Waals surface area contributed by atoms with Gasteiger partial charge in [-0.2, -0.15) is 0 Å². The van der Waals surface area contributed by atoms with Crippen LogP contribution in [0.4, 0.5) is 0 Å². The Balaban J connectivity index is 1.48. The fourth-order valence-corrected chi connectivity index (χ4v) is 3.59. The molecule has 1 heterocycles. The van der Waals surface area contributed by atoms with Gasteiger partial charge in [0.2, 0.25) is 0 Å². The molecule has 1 N–H and O–H groups in total. The van der Waals surface area contributed by atoms with E-state index in [-0.39, 0.29) is 5.91 Å². The molecule has 2 aromatic rings. The van der Waals surface area contributed by atoms with Crippen LogP contribution in [-0.4, -0.2) is 44.7 Å². The maximum absolute atomic E-state index is 12.6. The van der Waals surface area contributed by atoms with Crippen LogP contribution in [0.5, 0.6) is 11.5 Å². The van der Waals surface area contributed by atoms with Crippen molar-refractivity contribution in [1.29, 1.82) is 0 Å². The Morgan fingerprint density at radius 3 is 2.44 bits per heavy atom. The monoisotopic (exact) mass is 368 g/mol. The van der Waals surface area contributed by atoms with Crippen molar-refractivity contribution >= 4 is 5.91 Å². The summed E-state index contributed by atoms with van der Waals surface area (Å²) >= 11 is 0. The van der Waals surface area contributed by atoms with Gasteiger partial charge < -0.3 is 14.8 Å². The zero-order valence-electron chi connectivity index (χ0n) is 16.1. The lowest BCUT2D eigenvalue weighted by atomic mass is 9.96. The second-order valence-corrected chi connectivity index (χ2v) is 6.96. The SMILES string of the molecule is COc1cccc(C(=O)NCC2CCN(Cc3ccccc3)CC2)c1OC. The quantitative estimate of drug-likeness (QED) is 0.814. The predicted octanol–water partition coefficient (Wildman–Crippen LogP) is 3.35. The van der Waals surface area contributed by atoms with Gasteiger partial charge >= 0.3 is 0 Å². The Morgan fingerprint density at radius 1 is 1.04 bits per heavy atom. The van der Waals surface area contributed by atoms with Gasteiger partial charge in [0.05, 0.1) is 19.8 Å². The van der Waals surface area contributed by atoms with Gasteiger partial charge in [0.25, 0.3) is 5.91 Å². The fraction of sp³-hybridized carbons (Fsp3) is 0.409. The van der Waals surface area contributed by atoms with E-state index in [2.05, 4.69) is 40.5 Å². The number of hydrogen-bond donors (Lipinski definition) is 1. The van der Waals surface area contributed by atoms with E-state index < -0.39 is 0 Å². The maximum atomic E-state index is 12.6. The molecule has 0 radical (unpaired) electrons. The summed E-state index contributed by atoms with van der Waals surface area (Å²) in [6, 6.07) is 15.9. The summed E-state index contributed by atoms with van der Waals surface area (Å²) in [5, 5.41) is 3.07. The lowest BCUT2D eigenvalue weighted by Gasteiger charge is -2.32. The number of carbonyl (C=O) groups excluding carboxylic acids is 1. The van der Waals surface area contributed by atoms with Crippen LogP contribution in [0.1, 0.15) is 28.8 Å². The first kappa shape index (κ1) is 19.2. The first-order valence-corrected chi connectivity index (χ1v) is 9.46. The van der Waals surface area contributed by atoms with Gasteiger partial charge in [-0.1, -0.05) is 36.4 Å². The molecular weight excluding hydrogens is 340 g/mol. The average Bonchev–Trinajstić information content (AvgIpc) is 2.73. The molecule has 27 heavy (non-hydrogen) atoms. The third-order valence-electron chi connectivity index (χ3n) is 5.16. The number of piperidine rings is 1. The van der Waals surface area contributed by atoms with Crippen LogP contribution in [-0.2, 0) is 6.54 Å². The standard InChI is InChI=1S/C22H28N2O3/c1-26-20-10-6-9-19(21(20)27-2)22(25)23-15-17-11-13-24(14-12-17)16-18-7-4-3-5-8-18/h3-10,17H,11-16H2,1-2H3,(H,23,25). The molecule has 3 rings (SSSR count). The molecule has 5 nitrogen and oxygen atoms in total. The Hall–Kier alpha value is -2.53. The van der Waals surface area contributed by atoms with Gasteiger partial charge in [-0.15, -0.1) is 0 Å². The first-order valence-electron chi connectivity index (χ1n) is 9.46. The largest absolute Gasteiger partial charge is 0.493 e. The van der Waals surface area contributed by atoms with Crippen molar-refractivity contribution in [3.63, 3.8) is 0 Å². The van der Waals surface area contributed by atoms with Crippen LogP contribution in [0.3, 0.4) is 0 Å². The molecule has 0 bridgehead atoms. The molecule has 1 amide bonds. The second kappa shape index (κ2) is 9.42. The minimum Gasteiger partial charge on any atom is -0.493 e.